The van der Waals surface area contributed by atoms with Crippen LogP contribution in [-0.2, 0) is 16.0 Å². The molecule has 5 heteroatoms. The van der Waals surface area contributed by atoms with Crippen molar-refractivity contribution in [3.8, 4) is 0 Å². The fraction of sp³-hybridized carbons (Fsp3) is 0.308. The van der Waals surface area contributed by atoms with Crippen LogP contribution >= 0.6 is 11.3 Å². The van der Waals surface area contributed by atoms with Gasteiger partial charge in [0.15, 0.2) is 0 Å². The van der Waals surface area contributed by atoms with Crippen LogP contribution in [0.3, 0.4) is 0 Å². The van der Waals surface area contributed by atoms with Crippen LogP contribution in [0.25, 0.3) is 10.1 Å². The van der Waals surface area contributed by atoms with Crippen LogP contribution in [0.5, 0.6) is 0 Å². The number of hydrogen-bond donors (Lipinski definition) is 1. The summed E-state index contributed by atoms with van der Waals surface area (Å²) in [5.74, 6) is -1.07. The molecule has 0 saturated heterocycles. The van der Waals surface area contributed by atoms with Crippen molar-refractivity contribution < 1.29 is 14.6 Å². The lowest BCUT2D eigenvalue weighted by atomic mass is 10.1. The first kappa shape index (κ1) is 14.6. The van der Waals surface area contributed by atoms with E-state index in [1.54, 1.807) is 11.3 Å². The smallest absolute Gasteiger partial charge is 0.0518 e. The van der Waals surface area contributed by atoms with Crippen LogP contribution in [0.1, 0.15) is 12.0 Å². The first-order valence-electron chi connectivity index (χ1n) is 5.49. The van der Waals surface area contributed by atoms with E-state index in [-0.39, 0.29) is 19.2 Å². The van der Waals surface area contributed by atoms with Crippen molar-refractivity contribution in [3.63, 3.8) is 0 Å². The van der Waals surface area contributed by atoms with E-state index in [1.807, 2.05) is 0 Å². The van der Waals surface area contributed by atoms with Gasteiger partial charge >= 0.3 is 0 Å². The van der Waals surface area contributed by atoms with E-state index < -0.39 is 5.97 Å². The molecule has 0 amide bonds. The number of carboxylic acids is 1. The lowest BCUT2D eigenvalue weighted by Crippen LogP contribution is -2.23. The zero-order valence-electron chi connectivity index (χ0n) is 10.3. The molecule has 0 atom stereocenters. The lowest BCUT2D eigenvalue weighted by molar-refractivity contribution is -0.306. The lowest BCUT2D eigenvalue weighted by Gasteiger charge is -2.05. The Bertz CT molecular complexity index is 510. The van der Waals surface area contributed by atoms with Gasteiger partial charge in [-0.05, 0) is 34.9 Å². The maximum Gasteiger partial charge on any atom is 0.0518 e. The molecular formula is C13H17NO3S. The molecule has 18 heavy (non-hydrogen) atoms. The largest absolute Gasteiger partial charge is 0.550 e. The van der Waals surface area contributed by atoms with Gasteiger partial charge in [-0.2, -0.15) is 0 Å². The Hall–Kier alpha value is -1.43. The minimum Gasteiger partial charge on any atom is -0.550 e. The van der Waals surface area contributed by atoms with Crippen LogP contribution in [0.4, 0.5) is 0 Å². The predicted octanol–water partition coefficient (Wildman–Crippen LogP) is 1.98. The van der Waals surface area contributed by atoms with Crippen molar-refractivity contribution in [2.75, 3.05) is 13.2 Å². The molecule has 0 saturated carbocycles. The van der Waals surface area contributed by atoms with E-state index in [1.165, 1.54) is 15.6 Å². The Kier molecular flexibility index (Phi) is 5.77. The molecule has 98 valence electrons. The Balaban J connectivity index is 0.00000162. The summed E-state index contributed by atoms with van der Waals surface area (Å²) < 4.78 is 6.51. The number of aliphatic carboxylic acids is 1. The fourth-order valence-electron chi connectivity index (χ4n) is 1.62. The van der Waals surface area contributed by atoms with Gasteiger partial charge in [0.1, 0.15) is 0 Å². The standard InChI is InChI=1S/C13H14O3S.H3N/c14-13(15)4-7-16-6-3-10-1-2-12-11(9-10)5-8-17-12;/h1-2,5,8-9H,3-4,6-7H2,(H,14,15);1H3. The number of rotatable bonds is 6. The van der Waals surface area contributed by atoms with E-state index in [0.29, 0.717) is 6.61 Å². The third-order valence-electron chi connectivity index (χ3n) is 2.50. The summed E-state index contributed by atoms with van der Waals surface area (Å²) in [6.45, 7) is 0.770. The van der Waals surface area contributed by atoms with Crippen molar-refractivity contribution in [2.45, 2.75) is 12.8 Å². The topological polar surface area (TPSA) is 85.9 Å². The number of fused-ring (bicyclic) bond motifs is 1. The summed E-state index contributed by atoms with van der Waals surface area (Å²) in [7, 11) is 0. The summed E-state index contributed by atoms with van der Waals surface area (Å²) in [4.78, 5) is 10.2. The average molecular weight is 267 g/mol. The minimum atomic E-state index is -1.07. The fourth-order valence-corrected chi connectivity index (χ4v) is 2.39. The zero-order valence-corrected chi connectivity index (χ0v) is 11.2. The second-order valence-electron chi connectivity index (χ2n) is 3.78. The van der Waals surface area contributed by atoms with Gasteiger partial charge in [-0.15, -0.1) is 11.3 Å². The Morgan fingerprint density at radius 3 is 2.89 bits per heavy atom. The summed E-state index contributed by atoms with van der Waals surface area (Å²) in [6, 6.07) is 8.44. The highest BCUT2D eigenvalue weighted by molar-refractivity contribution is 7.17. The first-order chi connectivity index (χ1) is 8.25. The molecule has 0 aliphatic carbocycles. The third-order valence-corrected chi connectivity index (χ3v) is 3.40. The quantitative estimate of drug-likeness (QED) is 0.812. The molecule has 0 aliphatic heterocycles. The van der Waals surface area contributed by atoms with Crippen molar-refractivity contribution in [2.24, 2.45) is 0 Å². The molecule has 1 heterocycles. The Morgan fingerprint density at radius 2 is 2.11 bits per heavy atom. The molecule has 4 nitrogen and oxygen atoms in total. The zero-order chi connectivity index (χ0) is 12.1. The van der Waals surface area contributed by atoms with Gasteiger partial charge in [-0.1, -0.05) is 12.1 Å². The van der Waals surface area contributed by atoms with Gasteiger partial charge in [-0.25, -0.2) is 0 Å². The molecule has 0 fully saturated rings. The Morgan fingerprint density at radius 1 is 1.28 bits per heavy atom. The predicted molar refractivity (Wildman–Crippen MR) is 72.0 cm³/mol. The highest BCUT2D eigenvalue weighted by Gasteiger charge is 1.98. The van der Waals surface area contributed by atoms with Crippen molar-refractivity contribution >= 4 is 27.4 Å². The summed E-state index contributed by atoms with van der Waals surface area (Å²) in [6.07, 6.45) is 0.766. The molecule has 0 unspecified atom stereocenters. The molecule has 0 radical (unpaired) electrons. The number of carbonyl (C=O) groups is 1. The van der Waals surface area contributed by atoms with Gasteiger partial charge in [0, 0.05) is 17.1 Å². The second-order valence-corrected chi connectivity index (χ2v) is 4.72. The molecule has 0 spiro atoms. The monoisotopic (exact) mass is 267 g/mol. The number of ether oxygens (including phenoxy) is 1. The number of thiophene rings is 1. The SMILES string of the molecule is O=C([O-])CCOCCc1ccc2sccc2c1.[NH4+]. The normalized spacial score (nSPS) is 10.2. The molecule has 4 N–H and O–H groups in total. The van der Waals surface area contributed by atoms with Gasteiger partial charge < -0.3 is 20.8 Å². The van der Waals surface area contributed by atoms with Crippen LogP contribution in [0.15, 0.2) is 29.6 Å². The van der Waals surface area contributed by atoms with Crippen LogP contribution in [0.2, 0.25) is 0 Å². The number of quaternary nitrogens is 1. The van der Waals surface area contributed by atoms with Crippen LogP contribution in [0, 0.1) is 0 Å². The Labute approximate surface area is 110 Å². The van der Waals surface area contributed by atoms with E-state index in [9.17, 15) is 9.90 Å². The van der Waals surface area contributed by atoms with Gasteiger partial charge in [0.25, 0.3) is 0 Å². The summed E-state index contributed by atoms with van der Waals surface area (Å²) in [5, 5.41) is 13.5. The number of carbonyl (C=O) groups excluding carboxylic acids is 1. The third kappa shape index (κ3) is 4.10. The van der Waals surface area contributed by atoms with Crippen molar-refractivity contribution in [1.29, 1.82) is 0 Å². The highest BCUT2D eigenvalue weighted by Crippen LogP contribution is 2.21. The van der Waals surface area contributed by atoms with Gasteiger partial charge in [0.2, 0.25) is 0 Å². The molecule has 2 aromatic rings. The van der Waals surface area contributed by atoms with E-state index in [4.69, 9.17) is 4.74 Å². The second kappa shape index (κ2) is 7.10. The van der Waals surface area contributed by atoms with Gasteiger partial charge in [-0.3, -0.25) is 0 Å². The van der Waals surface area contributed by atoms with E-state index in [0.717, 1.165) is 6.42 Å². The summed E-state index contributed by atoms with van der Waals surface area (Å²) in [5.41, 5.74) is 1.21. The highest BCUT2D eigenvalue weighted by atomic mass is 32.1. The number of hydrogen-bond acceptors (Lipinski definition) is 4. The number of carboxylic acid groups (broad SMARTS) is 1. The minimum absolute atomic E-state index is 0. The molecule has 0 bridgehead atoms. The first-order valence-corrected chi connectivity index (χ1v) is 6.37. The molecule has 2 rings (SSSR count). The summed E-state index contributed by atoms with van der Waals surface area (Å²) >= 11 is 1.73. The average Bonchev–Trinajstić information content (AvgIpc) is 2.75. The van der Waals surface area contributed by atoms with E-state index in [2.05, 4.69) is 29.6 Å². The maximum atomic E-state index is 10.2. The van der Waals surface area contributed by atoms with Crippen LogP contribution < -0.4 is 11.3 Å². The molecule has 0 aliphatic rings. The van der Waals surface area contributed by atoms with Crippen molar-refractivity contribution in [1.82, 2.24) is 6.15 Å². The van der Waals surface area contributed by atoms with Crippen LogP contribution in [-0.4, -0.2) is 19.2 Å². The maximum absolute atomic E-state index is 10.2. The molecule has 1 aromatic carbocycles. The number of benzene rings is 1. The van der Waals surface area contributed by atoms with E-state index >= 15 is 0 Å². The van der Waals surface area contributed by atoms with Gasteiger partial charge in [0.05, 0.1) is 13.2 Å². The van der Waals surface area contributed by atoms with Crippen molar-refractivity contribution in [3.05, 3.63) is 35.2 Å². The molecular weight excluding hydrogens is 250 g/mol. The molecule has 1 aromatic heterocycles.